The first-order chi connectivity index (χ1) is 7.20. The third-order valence-electron chi connectivity index (χ3n) is 1.54. The summed E-state index contributed by atoms with van der Waals surface area (Å²) in [4.78, 5) is 22.9. The van der Waals surface area contributed by atoms with Crippen molar-refractivity contribution in [1.82, 2.24) is 5.32 Å². The molecule has 1 aliphatic rings. The van der Waals surface area contributed by atoms with E-state index in [1.165, 1.54) is 10.8 Å². The summed E-state index contributed by atoms with van der Waals surface area (Å²) >= 11 is 0. The Labute approximate surface area is 100 Å². The number of carbonyl (C=O) groups excluding carboxylic acids is 1. The Bertz CT molecular complexity index is 407. The van der Waals surface area contributed by atoms with Crippen molar-refractivity contribution < 1.29 is 14.7 Å². The Hall–Kier alpha value is -0.820. The van der Waals surface area contributed by atoms with Gasteiger partial charge in [0, 0.05) is 11.8 Å². The van der Waals surface area contributed by atoms with Crippen LogP contribution in [0.2, 0.25) is 0 Å². The fourth-order valence-electron chi connectivity index (χ4n) is 1.03. The maximum atomic E-state index is 11.8. The van der Waals surface area contributed by atoms with Crippen LogP contribution in [0.5, 0.6) is 0 Å². The molecule has 1 aliphatic heterocycles. The highest BCUT2D eigenvalue weighted by Crippen LogP contribution is 2.33. The van der Waals surface area contributed by atoms with E-state index in [-0.39, 0.29) is 22.0 Å². The molecule has 0 spiro atoms. The number of nitrogens with zero attached hydrogens (tertiary/aromatic N) is 1. The second-order valence-corrected chi connectivity index (χ2v) is 7.84. The van der Waals surface area contributed by atoms with E-state index in [2.05, 4.69) is 9.68 Å². The number of aliphatic carboxylic acids is 1. The number of carbonyl (C=O) groups is 2. The molecule has 0 aromatic heterocycles. The molecule has 90 valence electrons. The summed E-state index contributed by atoms with van der Waals surface area (Å²) in [6.07, 6.45) is 1.78. The third-order valence-corrected chi connectivity index (χ3v) is 4.21. The molecule has 0 aromatic carbocycles. The fourth-order valence-corrected chi connectivity index (χ4v) is 3.65. The summed E-state index contributed by atoms with van der Waals surface area (Å²) < 4.78 is 3.93. The van der Waals surface area contributed by atoms with Crippen molar-refractivity contribution in [2.24, 2.45) is 4.36 Å². The second kappa shape index (κ2) is 4.58. The molecule has 0 bridgehead atoms. The van der Waals surface area contributed by atoms with Crippen molar-refractivity contribution in [3.63, 3.8) is 0 Å². The van der Waals surface area contributed by atoms with Gasteiger partial charge in [-0.3, -0.25) is 4.79 Å². The van der Waals surface area contributed by atoms with E-state index in [4.69, 9.17) is 5.11 Å². The summed E-state index contributed by atoms with van der Waals surface area (Å²) in [5.41, 5.74) is -0.513. The summed E-state index contributed by atoms with van der Waals surface area (Å²) in [6, 6.07) is 0. The predicted molar refractivity (Wildman–Crippen MR) is 65.9 cm³/mol. The maximum absolute atomic E-state index is 11.8. The summed E-state index contributed by atoms with van der Waals surface area (Å²) in [6.45, 7) is 5.52. The predicted octanol–water partition coefficient (Wildman–Crippen LogP) is 1.29. The molecule has 0 fully saturated rings. The van der Waals surface area contributed by atoms with Gasteiger partial charge >= 0.3 is 5.97 Å². The molecule has 5 nitrogen and oxygen atoms in total. The van der Waals surface area contributed by atoms with Crippen LogP contribution in [-0.2, 0) is 19.3 Å². The van der Waals surface area contributed by atoms with E-state index in [9.17, 15) is 9.59 Å². The normalized spacial score (nSPS) is 20.6. The molecule has 7 heteroatoms. The summed E-state index contributed by atoms with van der Waals surface area (Å²) in [7, 11) is 0.722. The maximum Gasteiger partial charge on any atom is 0.356 e. The van der Waals surface area contributed by atoms with Crippen LogP contribution in [0.1, 0.15) is 20.8 Å². The molecule has 0 saturated heterocycles. The minimum atomic E-state index is -1.15. The van der Waals surface area contributed by atoms with Gasteiger partial charge in [-0.05, 0) is 41.3 Å². The van der Waals surface area contributed by atoms with E-state index in [0.29, 0.717) is 0 Å². The number of rotatable bonds is 2. The monoisotopic (exact) mass is 262 g/mol. The number of carboxylic acids is 1. The molecule has 0 aliphatic carbocycles. The highest BCUT2D eigenvalue weighted by molar-refractivity contribution is 8.72. The van der Waals surface area contributed by atoms with E-state index in [0.717, 1.165) is 0 Å². The highest BCUT2D eigenvalue weighted by atomic mass is 33.1. The molecule has 1 amide bonds. The van der Waals surface area contributed by atoms with E-state index in [1.54, 1.807) is 6.26 Å². The first-order valence-corrected chi connectivity index (χ1v) is 7.49. The number of carboxylic acid groups (broad SMARTS) is 1. The second-order valence-electron chi connectivity index (χ2n) is 4.29. The van der Waals surface area contributed by atoms with Crippen molar-refractivity contribution in [1.29, 1.82) is 0 Å². The lowest BCUT2D eigenvalue weighted by atomic mass is 10.1. The van der Waals surface area contributed by atoms with Gasteiger partial charge in [0.2, 0.25) is 0 Å². The smallest absolute Gasteiger partial charge is 0.356 e. The lowest BCUT2D eigenvalue weighted by Crippen LogP contribution is -2.41. The number of nitrogens with one attached hydrogen (secondary N) is 1. The Morgan fingerprint density at radius 2 is 2.00 bits per heavy atom. The lowest BCUT2D eigenvalue weighted by Gasteiger charge is -2.20. The fraction of sp³-hybridized carbons (Fsp3) is 0.556. The van der Waals surface area contributed by atoms with Gasteiger partial charge in [-0.15, -0.1) is 0 Å². The molecule has 0 radical (unpaired) electrons. The van der Waals surface area contributed by atoms with Gasteiger partial charge in [-0.2, -0.15) is 0 Å². The highest BCUT2D eigenvalue weighted by Gasteiger charge is 2.28. The minimum absolute atomic E-state index is 0.127. The van der Waals surface area contributed by atoms with Gasteiger partial charge in [0.25, 0.3) is 5.91 Å². The first kappa shape index (κ1) is 13.2. The van der Waals surface area contributed by atoms with Crippen LogP contribution in [0.25, 0.3) is 0 Å². The topological polar surface area (TPSA) is 78.8 Å². The van der Waals surface area contributed by atoms with Gasteiger partial charge in [0.05, 0.1) is 0 Å². The molecule has 2 N–H and O–H groups in total. The summed E-state index contributed by atoms with van der Waals surface area (Å²) in [5, 5.41) is 11.6. The van der Waals surface area contributed by atoms with Gasteiger partial charge in [-0.1, -0.05) is 0 Å². The van der Waals surface area contributed by atoms with Crippen molar-refractivity contribution in [3.8, 4) is 0 Å². The zero-order chi connectivity index (χ0) is 12.5. The molecule has 1 atom stereocenters. The average Bonchev–Trinajstić information content (AvgIpc) is 2.44. The van der Waals surface area contributed by atoms with Crippen LogP contribution in [0.3, 0.4) is 0 Å². The Kier molecular flexibility index (Phi) is 3.80. The van der Waals surface area contributed by atoms with Crippen LogP contribution in [0.15, 0.2) is 15.0 Å². The molecule has 0 saturated carbocycles. The van der Waals surface area contributed by atoms with Crippen molar-refractivity contribution in [2.75, 3.05) is 6.26 Å². The van der Waals surface area contributed by atoms with Gasteiger partial charge in [0.15, 0.2) is 5.70 Å². The van der Waals surface area contributed by atoms with Crippen LogP contribution >= 0.6 is 10.8 Å². The molecule has 1 heterocycles. The molecule has 16 heavy (non-hydrogen) atoms. The van der Waals surface area contributed by atoms with Crippen LogP contribution in [0.4, 0.5) is 0 Å². The summed E-state index contributed by atoms with van der Waals surface area (Å²) in [5.74, 6) is -1.51. The zero-order valence-corrected chi connectivity index (χ0v) is 11.2. The van der Waals surface area contributed by atoms with Gasteiger partial charge < -0.3 is 10.4 Å². The first-order valence-electron chi connectivity index (χ1n) is 4.57. The van der Waals surface area contributed by atoms with Gasteiger partial charge in [-0.25, -0.2) is 9.16 Å². The van der Waals surface area contributed by atoms with E-state index < -0.39 is 15.7 Å². The zero-order valence-electron chi connectivity index (χ0n) is 9.53. The van der Waals surface area contributed by atoms with Crippen LogP contribution in [-0.4, -0.2) is 28.8 Å². The molecule has 1 unspecified atom stereocenters. The van der Waals surface area contributed by atoms with Crippen LogP contribution in [0, 0.1) is 0 Å². The van der Waals surface area contributed by atoms with Crippen molar-refractivity contribution in [2.45, 2.75) is 26.3 Å². The molecular formula is C9H14N2O3S2. The largest absolute Gasteiger partial charge is 0.476 e. The number of hydrogen-bond donors (Lipinski definition) is 2. The molecule has 0 aromatic rings. The van der Waals surface area contributed by atoms with E-state index in [1.807, 2.05) is 20.8 Å². The minimum Gasteiger partial charge on any atom is -0.476 e. The van der Waals surface area contributed by atoms with Gasteiger partial charge in [0.1, 0.15) is 4.91 Å². The van der Waals surface area contributed by atoms with Crippen LogP contribution < -0.4 is 5.32 Å². The quantitative estimate of drug-likeness (QED) is 0.735. The van der Waals surface area contributed by atoms with Crippen molar-refractivity contribution in [3.05, 3.63) is 10.6 Å². The number of amides is 1. The molecule has 1 rings (SSSR count). The Balaban J connectivity index is 2.93. The Morgan fingerprint density at radius 1 is 1.44 bits per heavy atom. The Morgan fingerprint density at radius 3 is 2.44 bits per heavy atom. The average molecular weight is 262 g/mol. The SMILES string of the molecule is CS1=NC(C(=O)O)=C(C(=O)NC(C)(C)C)S1. The van der Waals surface area contributed by atoms with E-state index >= 15 is 0 Å². The third kappa shape index (κ3) is 3.34. The number of hydrogen-bond acceptors (Lipinski definition) is 4. The van der Waals surface area contributed by atoms with Crippen molar-refractivity contribution >= 4 is 32.4 Å². The lowest BCUT2D eigenvalue weighted by molar-refractivity contribution is -0.133. The standard InChI is InChI=1S/C9H14N2O3S2/c1-9(2,3)10-7(12)6-5(8(13)14)11-16(4)15-6/h1-4H3,(H,10,12)(H,13,14). The molecular weight excluding hydrogens is 248 g/mol.